The van der Waals surface area contributed by atoms with Gasteiger partial charge in [0, 0.05) is 32.0 Å². The topological polar surface area (TPSA) is 92.5 Å². The van der Waals surface area contributed by atoms with Crippen molar-refractivity contribution in [2.24, 2.45) is 0 Å². The van der Waals surface area contributed by atoms with Gasteiger partial charge >= 0.3 is 0 Å². The molecule has 1 N–H and O–H groups in total. The maximum absolute atomic E-state index is 12.6. The number of benzene rings is 2. The standard InChI is InChI=1S/C23H27N3O4S/c1-16-7-8-17(2)21(15-16)31(28,29)24-12-9-22(27)26-13-10-18(11-14-26)23-25-19-5-3-4-6-20(19)30-23/h3-8,15,18,24H,9-14H2,1-2H3. The van der Waals surface area contributed by atoms with Gasteiger partial charge < -0.3 is 9.32 Å². The van der Waals surface area contributed by atoms with Crippen molar-refractivity contribution in [2.75, 3.05) is 19.6 Å². The maximum Gasteiger partial charge on any atom is 0.240 e. The molecule has 0 aliphatic carbocycles. The number of likely N-dealkylation sites (tertiary alicyclic amines) is 1. The van der Waals surface area contributed by atoms with Crippen molar-refractivity contribution in [3.8, 4) is 0 Å². The molecule has 0 bridgehead atoms. The second-order valence-electron chi connectivity index (χ2n) is 8.09. The Morgan fingerprint density at radius 1 is 1.16 bits per heavy atom. The van der Waals surface area contributed by atoms with Crippen molar-refractivity contribution in [1.29, 1.82) is 0 Å². The second kappa shape index (κ2) is 8.80. The normalized spacial score (nSPS) is 15.5. The van der Waals surface area contributed by atoms with Crippen LogP contribution in [-0.4, -0.2) is 43.8 Å². The Bertz CT molecular complexity index is 1160. The van der Waals surface area contributed by atoms with Gasteiger partial charge in [-0.3, -0.25) is 4.79 Å². The summed E-state index contributed by atoms with van der Waals surface area (Å²) in [6, 6.07) is 13.0. The molecule has 1 saturated heterocycles. The summed E-state index contributed by atoms with van der Waals surface area (Å²) in [6.07, 6.45) is 1.71. The van der Waals surface area contributed by atoms with Gasteiger partial charge in [-0.15, -0.1) is 0 Å². The molecule has 164 valence electrons. The summed E-state index contributed by atoms with van der Waals surface area (Å²) in [5, 5.41) is 0. The number of oxazole rings is 1. The lowest BCUT2D eigenvalue weighted by Gasteiger charge is -2.30. The number of rotatable bonds is 6. The predicted octanol–water partition coefficient (Wildman–Crippen LogP) is 3.52. The molecule has 8 heteroatoms. The lowest BCUT2D eigenvalue weighted by atomic mass is 9.96. The van der Waals surface area contributed by atoms with Crippen LogP contribution in [0.4, 0.5) is 0 Å². The molecule has 0 saturated carbocycles. The Hall–Kier alpha value is -2.71. The van der Waals surface area contributed by atoms with E-state index in [1.807, 2.05) is 37.3 Å². The molecule has 7 nitrogen and oxygen atoms in total. The lowest BCUT2D eigenvalue weighted by Crippen LogP contribution is -2.39. The fourth-order valence-corrected chi connectivity index (χ4v) is 5.32. The van der Waals surface area contributed by atoms with Gasteiger partial charge in [0.15, 0.2) is 11.5 Å². The average Bonchev–Trinajstić information content (AvgIpc) is 3.19. The highest BCUT2D eigenvalue weighted by Gasteiger charge is 2.27. The van der Waals surface area contributed by atoms with E-state index in [1.165, 1.54) is 0 Å². The molecule has 4 rings (SSSR count). The molecule has 1 aliphatic heterocycles. The van der Waals surface area contributed by atoms with Gasteiger partial charge in [-0.05, 0) is 56.0 Å². The highest BCUT2D eigenvalue weighted by atomic mass is 32.2. The number of amides is 1. The van der Waals surface area contributed by atoms with Gasteiger partial charge in [0.05, 0.1) is 4.90 Å². The number of carbonyl (C=O) groups excluding carboxylic acids is 1. The van der Waals surface area contributed by atoms with Gasteiger partial charge in [0.2, 0.25) is 15.9 Å². The van der Waals surface area contributed by atoms with E-state index < -0.39 is 10.0 Å². The van der Waals surface area contributed by atoms with E-state index in [9.17, 15) is 13.2 Å². The highest BCUT2D eigenvalue weighted by Crippen LogP contribution is 2.30. The number of fused-ring (bicyclic) bond motifs is 1. The summed E-state index contributed by atoms with van der Waals surface area (Å²) >= 11 is 0. The number of carbonyl (C=O) groups is 1. The van der Waals surface area contributed by atoms with E-state index in [1.54, 1.807) is 24.0 Å². The molecule has 1 aromatic heterocycles. The van der Waals surface area contributed by atoms with E-state index in [-0.39, 0.29) is 29.7 Å². The van der Waals surface area contributed by atoms with Crippen LogP contribution >= 0.6 is 0 Å². The van der Waals surface area contributed by atoms with Crippen LogP contribution in [0.5, 0.6) is 0 Å². The zero-order valence-corrected chi connectivity index (χ0v) is 18.6. The number of nitrogens with one attached hydrogen (secondary N) is 1. The Labute approximate surface area is 182 Å². The van der Waals surface area contributed by atoms with E-state index in [4.69, 9.17) is 4.42 Å². The maximum atomic E-state index is 12.6. The van der Waals surface area contributed by atoms with Gasteiger partial charge in [-0.2, -0.15) is 0 Å². The molecule has 1 amide bonds. The molecule has 3 aromatic rings. The molecule has 1 fully saturated rings. The van der Waals surface area contributed by atoms with Crippen molar-refractivity contribution in [2.45, 2.75) is 43.9 Å². The van der Waals surface area contributed by atoms with Crippen LogP contribution in [0.3, 0.4) is 0 Å². The van der Waals surface area contributed by atoms with Gasteiger partial charge in [0.25, 0.3) is 0 Å². The van der Waals surface area contributed by atoms with Gasteiger partial charge in [-0.25, -0.2) is 18.1 Å². The molecule has 2 heterocycles. The molecule has 31 heavy (non-hydrogen) atoms. The van der Waals surface area contributed by atoms with Gasteiger partial charge in [-0.1, -0.05) is 24.3 Å². The van der Waals surface area contributed by atoms with Gasteiger partial charge in [0.1, 0.15) is 5.52 Å². The predicted molar refractivity (Wildman–Crippen MR) is 118 cm³/mol. The second-order valence-corrected chi connectivity index (χ2v) is 9.83. The number of sulfonamides is 1. The zero-order valence-electron chi connectivity index (χ0n) is 17.8. The van der Waals surface area contributed by atoms with Crippen LogP contribution in [0.2, 0.25) is 0 Å². The Kier molecular flexibility index (Phi) is 6.11. The van der Waals surface area contributed by atoms with Crippen LogP contribution in [0.1, 0.15) is 42.2 Å². The zero-order chi connectivity index (χ0) is 22.0. The summed E-state index contributed by atoms with van der Waals surface area (Å²) in [4.78, 5) is 19.2. The van der Waals surface area contributed by atoms with Crippen LogP contribution in [0.15, 0.2) is 51.8 Å². The minimum atomic E-state index is -3.64. The average molecular weight is 442 g/mol. The highest BCUT2D eigenvalue weighted by molar-refractivity contribution is 7.89. The van der Waals surface area contributed by atoms with Crippen LogP contribution in [0.25, 0.3) is 11.1 Å². The Morgan fingerprint density at radius 2 is 1.90 bits per heavy atom. The van der Waals surface area contributed by atoms with Crippen molar-refractivity contribution in [1.82, 2.24) is 14.6 Å². The first-order valence-corrected chi connectivity index (χ1v) is 12.0. The first kappa shape index (κ1) is 21.5. The molecular weight excluding hydrogens is 414 g/mol. The molecule has 0 atom stereocenters. The minimum Gasteiger partial charge on any atom is -0.440 e. The first-order chi connectivity index (χ1) is 14.8. The molecule has 2 aromatic carbocycles. The van der Waals surface area contributed by atoms with E-state index in [0.29, 0.717) is 18.7 Å². The van der Waals surface area contributed by atoms with E-state index in [2.05, 4.69) is 9.71 Å². The Balaban J connectivity index is 1.28. The fraction of sp³-hybridized carbons (Fsp3) is 0.391. The van der Waals surface area contributed by atoms with Crippen LogP contribution < -0.4 is 4.72 Å². The smallest absolute Gasteiger partial charge is 0.240 e. The molecular formula is C23H27N3O4S. The van der Waals surface area contributed by atoms with Crippen molar-refractivity contribution >= 4 is 27.0 Å². The number of nitrogens with zero attached hydrogens (tertiary/aromatic N) is 2. The SMILES string of the molecule is Cc1ccc(C)c(S(=O)(=O)NCCC(=O)N2CCC(c3nc4ccccc4o3)CC2)c1. The summed E-state index contributed by atoms with van der Waals surface area (Å²) in [5.74, 6) is 0.883. The fourth-order valence-electron chi connectivity index (χ4n) is 3.97. The number of aromatic nitrogens is 1. The molecule has 0 unspecified atom stereocenters. The largest absolute Gasteiger partial charge is 0.440 e. The van der Waals surface area contributed by atoms with Crippen molar-refractivity contribution in [3.63, 3.8) is 0 Å². The summed E-state index contributed by atoms with van der Waals surface area (Å²) in [5.41, 5.74) is 3.20. The first-order valence-electron chi connectivity index (χ1n) is 10.5. The number of aryl methyl sites for hydroxylation is 2. The van der Waals surface area contributed by atoms with E-state index in [0.717, 1.165) is 35.4 Å². The molecule has 1 aliphatic rings. The number of hydrogen-bond acceptors (Lipinski definition) is 5. The lowest BCUT2D eigenvalue weighted by molar-refractivity contribution is -0.132. The third-order valence-corrected chi connectivity index (χ3v) is 7.37. The summed E-state index contributed by atoms with van der Waals surface area (Å²) in [7, 11) is -3.64. The quantitative estimate of drug-likeness (QED) is 0.632. The van der Waals surface area contributed by atoms with Crippen molar-refractivity contribution < 1.29 is 17.6 Å². The Morgan fingerprint density at radius 3 is 2.65 bits per heavy atom. The summed E-state index contributed by atoms with van der Waals surface area (Å²) in [6.45, 7) is 4.93. The minimum absolute atomic E-state index is 0.0420. The number of para-hydroxylation sites is 2. The number of hydrogen-bond donors (Lipinski definition) is 1. The monoisotopic (exact) mass is 441 g/mol. The number of piperidine rings is 1. The van der Waals surface area contributed by atoms with E-state index >= 15 is 0 Å². The van der Waals surface area contributed by atoms with Crippen LogP contribution in [0, 0.1) is 13.8 Å². The summed E-state index contributed by atoms with van der Waals surface area (Å²) < 4.78 is 33.6. The third-order valence-electron chi connectivity index (χ3n) is 5.77. The molecule has 0 radical (unpaired) electrons. The third kappa shape index (κ3) is 4.80. The van der Waals surface area contributed by atoms with Crippen molar-refractivity contribution in [3.05, 3.63) is 59.5 Å². The molecule has 0 spiro atoms. The van der Waals surface area contributed by atoms with Crippen LogP contribution in [-0.2, 0) is 14.8 Å².